The minimum Gasteiger partial charge on any atom is -0.277 e. The Morgan fingerprint density at radius 3 is 2.88 bits per heavy atom. The van der Waals surface area contributed by atoms with Crippen LogP contribution in [0.3, 0.4) is 0 Å². The lowest BCUT2D eigenvalue weighted by Crippen LogP contribution is -1.83. The fourth-order valence-electron chi connectivity index (χ4n) is 1.90. The second-order valence-electron chi connectivity index (χ2n) is 3.95. The molecule has 3 aromatic rings. The van der Waals surface area contributed by atoms with Gasteiger partial charge in [-0.3, -0.25) is 10.1 Å². The summed E-state index contributed by atoms with van der Waals surface area (Å²) < 4.78 is 0. The number of pyridine rings is 1. The maximum atomic E-state index is 5.94. The van der Waals surface area contributed by atoms with E-state index in [2.05, 4.69) is 15.2 Å². The molecule has 0 unspecified atom stereocenters. The fraction of sp³-hybridized carbons (Fsp3) is 0.0769. The molecule has 17 heavy (non-hydrogen) atoms. The first-order valence-corrected chi connectivity index (χ1v) is 5.68. The highest BCUT2D eigenvalue weighted by atomic mass is 35.5. The van der Waals surface area contributed by atoms with Gasteiger partial charge in [0, 0.05) is 27.9 Å². The van der Waals surface area contributed by atoms with Crippen molar-refractivity contribution in [3.8, 4) is 11.3 Å². The van der Waals surface area contributed by atoms with Crippen molar-refractivity contribution in [1.29, 1.82) is 0 Å². The van der Waals surface area contributed by atoms with Gasteiger partial charge in [0.25, 0.3) is 0 Å². The molecule has 84 valence electrons. The summed E-state index contributed by atoms with van der Waals surface area (Å²) in [4.78, 5) is 4.18. The molecule has 0 aliphatic heterocycles. The molecule has 1 aromatic carbocycles. The number of aromatic amines is 1. The number of hydrogen-bond donors (Lipinski definition) is 1. The smallest absolute Gasteiger partial charge is 0.100 e. The molecule has 2 heterocycles. The molecule has 0 bridgehead atoms. The molecular weight excluding hydrogens is 234 g/mol. The minimum atomic E-state index is 0.707. The van der Waals surface area contributed by atoms with Crippen LogP contribution in [0.5, 0.6) is 0 Å². The second-order valence-corrected chi connectivity index (χ2v) is 4.38. The second kappa shape index (κ2) is 3.86. The number of nitrogens with one attached hydrogen (secondary N) is 1. The van der Waals surface area contributed by atoms with Crippen LogP contribution in [0.15, 0.2) is 36.5 Å². The summed E-state index contributed by atoms with van der Waals surface area (Å²) in [6, 6.07) is 9.70. The lowest BCUT2D eigenvalue weighted by molar-refractivity contribution is 1.12. The zero-order chi connectivity index (χ0) is 11.8. The number of halogens is 1. The molecule has 3 rings (SSSR count). The standard InChI is InChI=1S/C13H10ClN3/c1-8-6-9(4-5-15-8)13-11-3-2-10(14)7-12(11)16-17-13/h2-7H,1H3,(H,16,17). The van der Waals surface area contributed by atoms with Gasteiger partial charge in [-0.2, -0.15) is 5.10 Å². The Bertz CT molecular complexity index is 688. The molecular formula is C13H10ClN3. The maximum absolute atomic E-state index is 5.94. The third-order valence-corrected chi connectivity index (χ3v) is 2.93. The van der Waals surface area contributed by atoms with E-state index in [-0.39, 0.29) is 0 Å². The Labute approximate surface area is 103 Å². The quantitative estimate of drug-likeness (QED) is 0.710. The molecule has 0 atom stereocenters. The van der Waals surface area contributed by atoms with Gasteiger partial charge in [-0.15, -0.1) is 0 Å². The molecule has 0 radical (unpaired) electrons. The van der Waals surface area contributed by atoms with Crippen LogP contribution >= 0.6 is 11.6 Å². The molecule has 3 nitrogen and oxygen atoms in total. The predicted molar refractivity (Wildman–Crippen MR) is 69.1 cm³/mol. The van der Waals surface area contributed by atoms with Crippen LogP contribution in [0.1, 0.15) is 5.69 Å². The van der Waals surface area contributed by atoms with Gasteiger partial charge >= 0.3 is 0 Å². The van der Waals surface area contributed by atoms with Crippen molar-refractivity contribution in [3.05, 3.63) is 47.2 Å². The number of nitrogens with zero attached hydrogens (tertiary/aromatic N) is 2. The lowest BCUT2D eigenvalue weighted by atomic mass is 10.1. The van der Waals surface area contributed by atoms with Crippen LogP contribution in [-0.4, -0.2) is 15.2 Å². The summed E-state index contributed by atoms with van der Waals surface area (Å²) in [5.41, 5.74) is 3.92. The van der Waals surface area contributed by atoms with Gasteiger partial charge in [-0.1, -0.05) is 11.6 Å². The number of H-pyrrole nitrogens is 1. The average Bonchev–Trinajstić information content (AvgIpc) is 2.71. The average molecular weight is 244 g/mol. The topological polar surface area (TPSA) is 41.6 Å². The summed E-state index contributed by atoms with van der Waals surface area (Å²) in [7, 11) is 0. The van der Waals surface area contributed by atoms with E-state index in [1.807, 2.05) is 37.3 Å². The zero-order valence-corrected chi connectivity index (χ0v) is 9.99. The van der Waals surface area contributed by atoms with Crippen molar-refractivity contribution in [1.82, 2.24) is 15.2 Å². The summed E-state index contributed by atoms with van der Waals surface area (Å²) >= 11 is 5.94. The molecule has 0 fully saturated rings. The van der Waals surface area contributed by atoms with E-state index in [4.69, 9.17) is 11.6 Å². The van der Waals surface area contributed by atoms with Crippen LogP contribution in [0.25, 0.3) is 22.2 Å². The molecule has 2 aromatic heterocycles. The number of benzene rings is 1. The fourth-order valence-corrected chi connectivity index (χ4v) is 2.08. The summed E-state index contributed by atoms with van der Waals surface area (Å²) in [5.74, 6) is 0. The monoisotopic (exact) mass is 243 g/mol. The lowest BCUT2D eigenvalue weighted by Gasteiger charge is -1.99. The third-order valence-electron chi connectivity index (χ3n) is 2.69. The molecule has 0 amide bonds. The Morgan fingerprint density at radius 1 is 1.18 bits per heavy atom. The number of aryl methyl sites for hydroxylation is 1. The van der Waals surface area contributed by atoms with Crippen molar-refractivity contribution < 1.29 is 0 Å². The number of fused-ring (bicyclic) bond motifs is 1. The van der Waals surface area contributed by atoms with E-state index in [0.29, 0.717) is 5.02 Å². The zero-order valence-electron chi connectivity index (χ0n) is 9.24. The van der Waals surface area contributed by atoms with Gasteiger partial charge in [0.05, 0.1) is 5.52 Å². The molecule has 0 aliphatic carbocycles. The molecule has 0 saturated carbocycles. The van der Waals surface area contributed by atoms with Crippen LogP contribution in [-0.2, 0) is 0 Å². The summed E-state index contributed by atoms with van der Waals surface area (Å²) in [5, 5.41) is 9.10. The largest absolute Gasteiger partial charge is 0.277 e. The Kier molecular flexibility index (Phi) is 2.34. The van der Waals surface area contributed by atoms with Gasteiger partial charge in [0.1, 0.15) is 5.69 Å². The van der Waals surface area contributed by atoms with E-state index < -0.39 is 0 Å². The Balaban J connectivity index is 2.24. The van der Waals surface area contributed by atoms with Crippen LogP contribution in [0.4, 0.5) is 0 Å². The highest BCUT2D eigenvalue weighted by molar-refractivity contribution is 6.31. The van der Waals surface area contributed by atoms with Gasteiger partial charge in [0.2, 0.25) is 0 Å². The van der Waals surface area contributed by atoms with Gasteiger partial charge in [-0.25, -0.2) is 0 Å². The molecule has 4 heteroatoms. The summed E-state index contributed by atoms with van der Waals surface area (Å²) in [6.45, 7) is 1.97. The minimum absolute atomic E-state index is 0.707. The van der Waals surface area contributed by atoms with E-state index >= 15 is 0 Å². The van der Waals surface area contributed by atoms with E-state index in [0.717, 1.165) is 27.9 Å². The first-order valence-electron chi connectivity index (χ1n) is 5.31. The van der Waals surface area contributed by atoms with Crippen LogP contribution in [0.2, 0.25) is 5.02 Å². The van der Waals surface area contributed by atoms with Crippen molar-refractivity contribution in [2.45, 2.75) is 6.92 Å². The Hall–Kier alpha value is -1.87. The first-order chi connectivity index (χ1) is 8.24. The highest BCUT2D eigenvalue weighted by Crippen LogP contribution is 2.27. The molecule has 1 N–H and O–H groups in total. The van der Waals surface area contributed by atoms with E-state index in [1.165, 1.54) is 0 Å². The SMILES string of the molecule is Cc1cc(-c2n[nH]c3cc(Cl)ccc23)ccn1. The third kappa shape index (κ3) is 1.78. The van der Waals surface area contributed by atoms with Gasteiger partial charge in [-0.05, 0) is 37.3 Å². The predicted octanol–water partition coefficient (Wildman–Crippen LogP) is 3.59. The van der Waals surface area contributed by atoms with Gasteiger partial charge < -0.3 is 0 Å². The normalized spacial score (nSPS) is 10.9. The van der Waals surface area contributed by atoms with Crippen molar-refractivity contribution >= 4 is 22.5 Å². The van der Waals surface area contributed by atoms with Gasteiger partial charge in [0.15, 0.2) is 0 Å². The molecule has 0 saturated heterocycles. The highest BCUT2D eigenvalue weighted by Gasteiger charge is 2.08. The van der Waals surface area contributed by atoms with E-state index in [1.54, 1.807) is 6.20 Å². The maximum Gasteiger partial charge on any atom is 0.100 e. The van der Waals surface area contributed by atoms with Crippen molar-refractivity contribution in [3.63, 3.8) is 0 Å². The van der Waals surface area contributed by atoms with Crippen molar-refractivity contribution in [2.75, 3.05) is 0 Å². The number of rotatable bonds is 1. The Morgan fingerprint density at radius 2 is 2.06 bits per heavy atom. The van der Waals surface area contributed by atoms with Crippen molar-refractivity contribution in [2.24, 2.45) is 0 Å². The molecule has 0 spiro atoms. The van der Waals surface area contributed by atoms with E-state index in [9.17, 15) is 0 Å². The molecule has 0 aliphatic rings. The number of aromatic nitrogens is 3. The van der Waals surface area contributed by atoms with Crippen LogP contribution in [0, 0.1) is 6.92 Å². The summed E-state index contributed by atoms with van der Waals surface area (Å²) in [6.07, 6.45) is 1.79. The van der Waals surface area contributed by atoms with Crippen LogP contribution < -0.4 is 0 Å². The first kappa shape index (κ1) is 10.3. The number of hydrogen-bond acceptors (Lipinski definition) is 2.